The van der Waals surface area contributed by atoms with Gasteiger partial charge >= 0.3 is 0 Å². The first-order chi connectivity index (χ1) is 5.40. The smallest absolute Gasteiger partial charge is 0.140 e. The molecule has 0 amide bonds. The highest BCUT2D eigenvalue weighted by atomic mass is 16.5. The molecular weight excluding hydrogens is 142 g/mol. The maximum absolute atomic E-state index is 5.11. The molecule has 0 bridgehead atoms. The second-order valence-electron chi connectivity index (χ2n) is 2.93. The summed E-state index contributed by atoms with van der Waals surface area (Å²) in [6, 6.07) is 1.99. The summed E-state index contributed by atoms with van der Waals surface area (Å²) in [7, 11) is 1.66. The molecule has 0 aromatic carbocycles. The van der Waals surface area contributed by atoms with Gasteiger partial charge in [0.2, 0.25) is 0 Å². The van der Waals surface area contributed by atoms with Crippen molar-refractivity contribution < 1.29 is 9.26 Å². The van der Waals surface area contributed by atoms with Gasteiger partial charge in [-0.25, -0.2) is 0 Å². The van der Waals surface area contributed by atoms with Crippen LogP contribution < -0.4 is 0 Å². The summed E-state index contributed by atoms with van der Waals surface area (Å²) in [5.41, 5.74) is 0.898. The Kier molecular flexibility index (Phi) is 1.66. The highest BCUT2D eigenvalue weighted by Gasteiger charge is 2.27. The van der Waals surface area contributed by atoms with Crippen LogP contribution in [0.4, 0.5) is 0 Å². The average molecular weight is 153 g/mol. The largest absolute Gasteiger partial charge is 0.378 e. The number of methoxy groups -OCH3 is 1. The van der Waals surface area contributed by atoms with E-state index in [1.165, 1.54) is 12.8 Å². The molecule has 1 fully saturated rings. The van der Waals surface area contributed by atoms with Crippen LogP contribution in [0.3, 0.4) is 0 Å². The summed E-state index contributed by atoms with van der Waals surface area (Å²) in [6.07, 6.45) is 2.50. The molecule has 1 aliphatic carbocycles. The predicted octanol–water partition coefficient (Wildman–Crippen LogP) is 1.70. The zero-order valence-electron chi connectivity index (χ0n) is 6.54. The zero-order valence-corrected chi connectivity index (χ0v) is 6.54. The van der Waals surface area contributed by atoms with Crippen LogP contribution in [0.15, 0.2) is 10.6 Å². The lowest BCUT2D eigenvalue weighted by Gasteiger charge is -1.87. The molecule has 0 atom stereocenters. The van der Waals surface area contributed by atoms with Gasteiger partial charge < -0.3 is 9.26 Å². The van der Waals surface area contributed by atoms with Crippen molar-refractivity contribution >= 4 is 0 Å². The van der Waals surface area contributed by atoms with E-state index in [-0.39, 0.29) is 0 Å². The van der Waals surface area contributed by atoms with Crippen LogP contribution in [0.25, 0.3) is 0 Å². The number of aromatic nitrogens is 1. The van der Waals surface area contributed by atoms with Gasteiger partial charge in [0.1, 0.15) is 11.5 Å². The lowest BCUT2D eigenvalue weighted by Crippen LogP contribution is -1.85. The normalized spacial score (nSPS) is 17.2. The highest BCUT2D eigenvalue weighted by molar-refractivity contribution is 5.13. The summed E-state index contributed by atoms with van der Waals surface area (Å²) in [5, 5.41) is 3.87. The lowest BCUT2D eigenvalue weighted by molar-refractivity contribution is 0.177. The molecule has 3 nitrogen and oxygen atoms in total. The summed E-state index contributed by atoms with van der Waals surface area (Å²) in [6.45, 7) is 0.552. The summed E-state index contributed by atoms with van der Waals surface area (Å²) in [5.74, 6) is 1.67. The third-order valence-electron chi connectivity index (χ3n) is 1.85. The van der Waals surface area contributed by atoms with Gasteiger partial charge in [-0.1, -0.05) is 5.16 Å². The molecule has 0 radical (unpaired) electrons. The number of nitrogens with zero attached hydrogens (tertiary/aromatic N) is 1. The van der Waals surface area contributed by atoms with Crippen LogP contribution in [0.5, 0.6) is 0 Å². The predicted molar refractivity (Wildman–Crippen MR) is 39.2 cm³/mol. The van der Waals surface area contributed by atoms with E-state index in [1.54, 1.807) is 7.11 Å². The van der Waals surface area contributed by atoms with E-state index in [0.29, 0.717) is 12.5 Å². The Bertz CT molecular complexity index is 240. The molecule has 1 aliphatic rings. The maximum Gasteiger partial charge on any atom is 0.140 e. The van der Waals surface area contributed by atoms with Crippen LogP contribution in [-0.2, 0) is 11.3 Å². The van der Waals surface area contributed by atoms with Gasteiger partial charge in [-0.2, -0.15) is 0 Å². The number of hydrogen-bond acceptors (Lipinski definition) is 3. The van der Waals surface area contributed by atoms with Crippen molar-refractivity contribution in [2.45, 2.75) is 25.4 Å². The minimum atomic E-state index is 0.552. The molecule has 0 aliphatic heterocycles. The van der Waals surface area contributed by atoms with E-state index in [0.717, 1.165) is 11.5 Å². The van der Waals surface area contributed by atoms with E-state index in [4.69, 9.17) is 9.26 Å². The molecule has 1 aromatic rings. The molecule has 0 N–H and O–H groups in total. The van der Waals surface area contributed by atoms with Crippen molar-refractivity contribution in [3.8, 4) is 0 Å². The van der Waals surface area contributed by atoms with Crippen molar-refractivity contribution in [2.24, 2.45) is 0 Å². The number of rotatable bonds is 3. The van der Waals surface area contributed by atoms with Gasteiger partial charge in [-0.05, 0) is 12.8 Å². The summed E-state index contributed by atoms with van der Waals surface area (Å²) in [4.78, 5) is 0. The van der Waals surface area contributed by atoms with Gasteiger partial charge in [0.25, 0.3) is 0 Å². The molecule has 0 saturated heterocycles. The third-order valence-corrected chi connectivity index (χ3v) is 1.85. The number of ether oxygens (including phenoxy) is 1. The van der Waals surface area contributed by atoms with Gasteiger partial charge in [-0.3, -0.25) is 0 Å². The molecular formula is C8H11NO2. The molecule has 1 aromatic heterocycles. The SMILES string of the molecule is COCc1cc(C2CC2)on1. The average Bonchev–Trinajstić information content (AvgIpc) is 2.75. The molecule has 11 heavy (non-hydrogen) atoms. The van der Waals surface area contributed by atoms with Gasteiger partial charge in [0, 0.05) is 19.1 Å². The van der Waals surface area contributed by atoms with E-state index in [1.807, 2.05) is 6.07 Å². The third kappa shape index (κ3) is 1.43. The minimum Gasteiger partial charge on any atom is -0.378 e. The zero-order chi connectivity index (χ0) is 7.68. The van der Waals surface area contributed by atoms with Crippen molar-refractivity contribution in [2.75, 3.05) is 7.11 Å². The molecule has 2 rings (SSSR count). The first kappa shape index (κ1) is 6.85. The Morgan fingerprint density at radius 3 is 3.18 bits per heavy atom. The molecule has 60 valence electrons. The van der Waals surface area contributed by atoms with Crippen molar-refractivity contribution in [3.63, 3.8) is 0 Å². The van der Waals surface area contributed by atoms with E-state index < -0.39 is 0 Å². The van der Waals surface area contributed by atoms with Crippen molar-refractivity contribution in [1.29, 1.82) is 0 Å². The molecule has 0 spiro atoms. The topological polar surface area (TPSA) is 35.3 Å². The second kappa shape index (κ2) is 2.66. The monoisotopic (exact) mass is 153 g/mol. The first-order valence-corrected chi connectivity index (χ1v) is 3.84. The van der Waals surface area contributed by atoms with Crippen LogP contribution in [-0.4, -0.2) is 12.3 Å². The van der Waals surface area contributed by atoms with Gasteiger partial charge in [0.05, 0.1) is 6.61 Å². The van der Waals surface area contributed by atoms with Crippen LogP contribution in [0.2, 0.25) is 0 Å². The minimum absolute atomic E-state index is 0.552. The molecule has 3 heteroatoms. The molecule has 1 heterocycles. The Balaban J connectivity index is 2.06. The Hall–Kier alpha value is -0.830. The van der Waals surface area contributed by atoms with Crippen LogP contribution >= 0.6 is 0 Å². The lowest BCUT2D eigenvalue weighted by atomic mass is 10.3. The Labute approximate surface area is 65.3 Å². The first-order valence-electron chi connectivity index (χ1n) is 3.84. The van der Waals surface area contributed by atoms with Gasteiger partial charge in [0.15, 0.2) is 0 Å². The second-order valence-corrected chi connectivity index (χ2v) is 2.93. The fourth-order valence-electron chi connectivity index (χ4n) is 1.10. The fraction of sp³-hybridized carbons (Fsp3) is 0.625. The van der Waals surface area contributed by atoms with Crippen molar-refractivity contribution in [3.05, 3.63) is 17.5 Å². The quantitative estimate of drug-likeness (QED) is 0.663. The summed E-state index contributed by atoms with van der Waals surface area (Å²) < 4.78 is 10.0. The van der Waals surface area contributed by atoms with E-state index >= 15 is 0 Å². The standard InChI is InChI=1S/C8H11NO2/c1-10-5-7-4-8(11-9-7)6-2-3-6/h4,6H,2-3,5H2,1H3. The maximum atomic E-state index is 5.11. The summed E-state index contributed by atoms with van der Waals surface area (Å²) >= 11 is 0. The van der Waals surface area contributed by atoms with E-state index in [9.17, 15) is 0 Å². The highest BCUT2D eigenvalue weighted by Crippen LogP contribution is 2.40. The van der Waals surface area contributed by atoms with Crippen molar-refractivity contribution in [1.82, 2.24) is 5.16 Å². The molecule has 1 saturated carbocycles. The Morgan fingerprint density at radius 2 is 2.55 bits per heavy atom. The van der Waals surface area contributed by atoms with Crippen LogP contribution in [0, 0.1) is 0 Å². The fourth-order valence-corrected chi connectivity index (χ4v) is 1.10. The number of hydrogen-bond donors (Lipinski definition) is 0. The van der Waals surface area contributed by atoms with Crippen LogP contribution in [0.1, 0.15) is 30.2 Å². The van der Waals surface area contributed by atoms with E-state index in [2.05, 4.69) is 5.16 Å². The molecule has 0 unspecified atom stereocenters. The van der Waals surface area contributed by atoms with Gasteiger partial charge in [-0.15, -0.1) is 0 Å². The Morgan fingerprint density at radius 1 is 1.73 bits per heavy atom.